The molecule has 0 unspecified atom stereocenters. The van der Waals surface area contributed by atoms with E-state index in [9.17, 15) is 14.4 Å². The second kappa shape index (κ2) is 9.32. The summed E-state index contributed by atoms with van der Waals surface area (Å²) in [6, 6.07) is 22.0. The number of para-hydroxylation sites is 2. The van der Waals surface area contributed by atoms with Gasteiger partial charge < -0.3 is 14.8 Å². The molecule has 0 aromatic heterocycles. The van der Waals surface area contributed by atoms with Crippen molar-refractivity contribution in [3.8, 4) is 5.75 Å². The number of rotatable bonds is 6. The number of anilines is 1. The van der Waals surface area contributed by atoms with Crippen molar-refractivity contribution in [1.29, 1.82) is 0 Å². The van der Waals surface area contributed by atoms with Crippen LogP contribution in [0, 0.1) is 0 Å². The summed E-state index contributed by atoms with van der Waals surface area (Å²) in [6.45, 7) is 1.40. The van der Waals surface area contributed by atoms with Crippen molar-refractivity contribution in [2.75, 3.05) is 5.32 Å². The molecule has 0 aliphatic rings. The lowest BCUT2D eigenvalue weighted by Gasteiger charge is -2.10. The van der Waals surface area contributed by atoms with Crippen molar-refractivity contribution in [1.82, 2.24) is 0 Å². The Hall–Kier alpha value is -3.93. The number of carbonyl (C=O) groups excluding carboxylic acids is 3. The summed E-state index contributed by atoms with van der Waals surface area (Å²) in [5.74, 6) is -0.831. The third-order valence-corrected chi connectivity index (χ3v) is 3.97. The van der Waals surface area contributed by atoms with Gasteiger partial charge in [-0.05, 0) is 42.0 Å². The molecule has 0 radical (unpaired) electrons. The highest BCUT2D eigenvalue weighted by Crippen LogP contribution is 2.17. The first kappa shape index (κ1) is 19.8. The molecule has 0 aliphatic carbocycles. The summed E-state index contributed by atoms with van der Waals surface area (Å²) in [7, 11) is 0. The quantitative estimate of drug-likeness (QED) is 0.504. The summed E-state index contributed by atoms with van der Waals surface area (Å²) in [6.07, 6.45) is 0. The van der Waals surface area contributed by atoms with Crippen molar-refractivity contribution in [2.45, 2.75) is 13.5 Å². The predicted molar refractivity (Wildman–Crippen MR) is 108 cm³/mol. The average Bonchev–Trinajstić information content (AvgIpc) is 2.73. The number of nitrogens with one attached hydrogen (secondary N) is 1. The third kappa shape index (κ3) is 5.52. The van der Waals surface area contributed by atoms with Crippen LogP contribution >= 0.6 is 0 Å². The van der Waals surface area contributed by atoms with Gasteiger partial charge in [-0.1, -0.05) is 42.5 Å². The van der Waals surface area contributed by atoms with Crippen LogP contribution in [0.1, 0.15) is 33.2 Å². The largest absolute Gasteiger partial charge is 0.457 e. The standard InChI is InChI=1S/C23H19NO5/c1-16(25)24-21-10-6-5-9-20(21)23(27)28-15-17-11-13-18(14-12-17)22(26)29-19-7-3-2-4-8-19/h2-14H,15H2,1H3,(H,24,25). The molecular formula is C23H19NO5. The maximum Gasteiger partial charge on any atom is 0.343 e. The minimum absolute atomic E-state index is 0.0290. The van der Waals surface area contributed by atoms with E-state index >= 15 is 0 Å². The van der Waals surface area contributed by atoms with Gasteiger partial charge in [0.2, 0.25) is 5.91 Å². The molecular weight excluding hydrogens is 370 g/mol. The van der Waals surface area contributed by atoms with Crippen LogP contribution in [-0.2, 0) is 16.1 Å². The molecule has 146 valence electrons. The number of carbonyl (C=O) groups is 3. The Morgan fingerprint density at radius 2 is 1.45 bits per heavy atom. The fraction of sp³-hybridized carbons (Fsp3) is 0.0870. The molecule has 0 fully saturated rings. The van der Waals surface area contributed by atoms with Gasteiger partial charge in [0.05, 0.1) is 16.8 Å². The Morgan fingerprint density at radius 3 is 2.14 bits per heavy atom. The maximum absolute atomic E-state index is 12.4. The van der Waals surface area contributed by atoms with Gasteiger partial charge in [0.25, 0.3) is 0 Å². The number of benzene rings is 3. The molecule has 3 rings (SSSR count). The Kier molecular flexibility index (Phi) is 6.37. The molecule has 29 heavy (non-hydrogen) atoms. The van der Waals surface area contributed by atoms with Crippen molar-refractivity contribution in [2.24, 2.45) is 0 Å². The first-order valence-electron chi connectivity index (χ1n) is 8.93. The lowest BCUT2D eigenvalue weighted by atomic mass is 10.1. The molecule has 0 atom stereocenters. The van der Waals surface area contributed by atoms with Crippen LogP contribution < -0.4 is 10.1 Å². The average molecular weight is 389 g/mol. The Bertz CT molecular complexity index is 1010. The van der Waals surface area contributed by atoms with Crippen molar-refractivity contribution < 1.29 is 23.9 Å². The van der Waals surface area contributed by atoms with Crippen LogP contribution in [0.15, 0.2) is 78.9 Å². The third-order valence-electron chi connectivity index (χ3n) is 3.97. The molecule has 6 heteroatoms. The van der Waals surface area contributed by atoms with E-state index in [0.29, 0.717) is 22.6 Å². The van der Waals surface area contributed by atoms with Gasteiger partial charge in [0.15, 0.2) is 0 Å². The minimum Gasteiger partial charge on any atom is -0.457 e. The van der Waals surface area contributed by atoms with Crippen LogP contribution in [0.3, 0.4) is 0 Å². The molecule has 0 aliphatic heterocycles. The van der Waals surface area contributed by atoms with Crippen molar-refractivity contribution in [3.05, 3.63) is 95.6 Å². The SMILES string of the molecule is CC(=O)Nc1ccccc1C(=O)OCc1ccc(C(=O)Oc2ccccc2)cc1. The van der Waals surface area contributed by atoms with Crippen LogP contribution in [0.4, 0.5) is 5.69 Å². The molecule has 0 saturated carbocycles. The van der Waals surface area contributed by atoms with Gasteiger partial charge >= 0.3 is 11.9 Å². The van der Waals surface area contributed by atoms with Crippen molar-refractivity contribution >= 4 is 23.5 Å². The number of esters is 2. The molecule has 0 bridgehead atoms. The normalized spacial score (nSPS) is 10.1. The molecule has 3 aromatic carbocycles. The van der Waals surface area contributed by atoms with Crippen molar-refractivity contribution in [3.63, 3.8) is 0 Å². The highest BCUT2D eigenvalue weighted by atomic mass is 16.5. The monoisotopic (exact) mass is 389 g/mol. The molecule has 6 nitrogen and oxygen atoms in total. The first-order chi connectivity index (χ1) is 14.0. The van der Waals surface area contributed by atoms with Gasteiger partial charge in [0.1, 0.15) is 12.4 Å². The summed E-state index contributed by atoms with van der Waals surface area (Å²) in [5.41, 5.74) is 1.77. The Balaban J connectivity index is 1.60. The smallest absolute Gasteiger partial charge is 0.343 e. The predicted octanol–water partition coefficient (Wildman–Crippen LogP) is 4.22. The second-order valence-electron chi connectivity index (χ2n) is 6.20. The molecule has 0 heterocycles. The molecule has 1 amide bonds. The second-order valence-corrected chi connectivity index (χ2v) is 6.20. The fourth-order valence-corrected chi connectivity index (χ4v) is 2.58. The van der Waals surface area contributed by atoms with E-state index in [4.69, 9.17) is 9.47 Å². The van der Waals surface area contributed by atoms with E-state index in [1.165, 1.54) is 6.92 Å². The summed E-state index contributed by atoms with van der Waals surface area (Å²) < 4.78 is 10.6. The summed E-state index contributed by atoms with van der Waals surface area (Å²) in [4.78, 5) is 35.8. The van der Waals surface area contributed by atoms with Crippen LogP contribution in [0.2, 0.25) is 0 Å². The van der Waals surface area contributed by atoms with Gasteiger partial charge in [-0.2, -0.15) is 0 Å². The van der Waals surface area contributed by atoms with E-state index < -0.39 is 11.9 Å². The van der Waals surface area contributed by atoms with Gasteiger partial charge in [-0.15, -0.1) is 0 Å². The fourth-order valence-electron chi connectivity index (χ4n) is 2.58. The van der Waals surface area contributed by atoms with Gasteiger partial charge in [0, 0.05) is 6.92 Å². The van der Waals surface area contributed by atoms with Crippen LogP contribution in [0.25, 0.3) is 0 Å². The number of hydrogen-bond acceptors (Lipinski definition) is 5. The first-order valence-corrected chi connectivity index (χ1v) is 8.93. The van der Waals surface area contributed by atoms with E-state index in [-0.39, 0.29) is 18.1 Å². The molecule has 1 N–H and O–H groups in total. The Labute approximate surface area is 168 Å². The molecule has 0 spiro atoms. The van der Waals surface area contributed by atoms with Gasteiger partial charge in [-0.25, -0.2) is 9.59 Å². The van der Waals surface area contributed by atoms with Gasteiger partial charge in [-0.3, -0.25) is 4.79 Å². The highest BCUT2D eigenvalue weighted by molar-refractivity contribution is 6.00. The topological polar surface area (TPSA) is 81.7 Å². The molecule has 0 saturated heterocycles. The zero-order chi connectivity index (χ0) is 20.6. The zero-order valence-corrected chi connectivity index (χ0v) is 15.8. The maximum atomic E-state index is 12.4. The number of amides is 1. The summed E-state index contributed by atoms with van der Waals surface area (Å²) in [5, 5.41) is 2.60. The van der Waals surface area contributed by atoms with E-state index in [1.807, 2.05) is 6.07 Å². The van der Waals surface area contributed by atoms with Crippen LogP contribution in [0.5, 0.6) is 5.75 Å². The lowest BCUT2D eigenvalue weighted by molar-refractivity contribution is -0.114. The lowest BCUT2D eigenvalue weighted by Crippen LogP contribution is -2.13. The van der Waals surface area contributed by atoms with E-state index in [0.717, 1.165) is 0 Å². The number of hydrogen-bond donors (Lipinski definition) is 1. The molecule has 3 aromatic rings. The van der Waals surface area contributed by atoms with E-state index in [2.05, 4.69) is 5.32 Å². The highest BCUT2D eigenvalue weighted by Gasteiger charge is 2.14. The van der Waals surface area contributed by atoms with E-state index in [1.54, 1.807) is 72.8 Å². The Morgan fingerprint density at radius 1 is 0.793 bits per heavy atom. The zero-order valence-electron chi connectivity index (χ0n) is 15.8. The number of ether oxygens (including phenoxy) is 2. The van der Waals surface area contributed by atoms with Crippen LogP contribution in [-0.4, -0.2) is 17.8 Å². The summed E-state index contributed by atoms with van der Waals surface area (Å²) >= 11 is 0. The minimum atomic E-state index is -0.554.